The lowest BCUT2D eigenvalue weighted by molar-refractivity contribution is -0.554. The van der Waals surface area contributed by atoms with Crippen LogP contribution in [0.3, 0.4) is 0 Å². The van der Waals surface area contributed by atoms with E-state index in [1.54, 1.807) is 6.20 Å². The van der Waals surface area contributed by atoms with Gasteiger partial charge in [-0.3, -0.25) is 9.78 Å². The third-order valence-electron chi connectivity index (χ3n) is 7.58. The lowest BCUT2D eigenvalue weighted by Gasteiger charge is -2.19. The number of Topliss-reactive ketones (excluding diaryl/α,β-unsaturated/α-hetero) is 1. The number of allylic oxidation sites excluding steroid dienone is 8. The fourth-order valence-electron chi connectivity index (χ4n) is 5.53. The molecule has 7 rings (SSSR count). The second kappa shape index (κ2) is 11.6. The van der Waals surface area contributed by atoms with Gasteiger partial charge in [-0.2, -0.15) is 4.57 Å². The summed E-state index contributed by atoms with van der Waals surface area (Å²) >= 11 is 0. The van der Waals surface area contributed by atoms with Gasteiger partial charge in [0.15, 0.2) is 5.78 Å². The largest absolute Gasteiger partial charge is 0.361 e. The zero-order valence-corrected chi connectivity index (χ0v) is 23.4. The topological polar surface area (TPSA) is 45.9 Å². The minimum Gasteiger partial charge on any atom is -0.361 e. The van der Waals surface area contributed by atoms with E-state index in [1.165, 1.54) is 0 Å². The summed E-state index contributed by atoms with van der Waals surface area (Å²) in [6.45, 7) is 0. The van der Waals surface area contributed by atoms with Gasteiger partial charge in [0.2, 0.25) is 17.1 Å². The third kappa shape index (κ3) is 5.18. The number of carbonyl (C=O) groups is 1. The number of aromatic nitrogens is 2. The maximum absolute atomic E-state index is 14.0. The van der Waals surface area contributed by atoms with Gasteiger partial charge in [0.25, 0.3) is 0 Å². The first-order valence-corrected chi connectivity index (χ1v) is 14.3. The molecule has 204 valence electrons. The predicted octanol–water partition coefficient (Wildman–Crippen LogP) is 7.80. The van der Waals surface area contributed by atoms with Crippen LogP contribution in [0.15, 0.2) is 175 Å². The molecule has 4 heteroatoms. The molecule has 0 amide bonds. The first kappa shape index (κ1) is 26.1. The van der Waals surface area contributed by atoms with Crippen molar-refractivity contribution in [2.24, 2.45) is 0 Å². The highest BCUT2D eigenvalue weighted by Gasteiger charge is 2.32. The number of benzene rings is 3. The molecule has 3 aromatic carbocycles. The SMILES string of the molecule is O=C1C(c2ccccn2)=CC([n+]2c(-c3ccccc3)cc(-c3ccccc3)cc2-c2ccccc2)=C/C1=C1\C=CC=CN1. The summed E-state index contributed by atoms with van der Waals surface area (Å²) < 4.78 is 2.26. The molecule has 3 heterocycles. The number of nitrogens with zero attached hydrogens (tertiary/aromatic N) is 2. The van der Waals surface area contributed by atoms with E-state index in [1.807, 2.05) is 73.0 Å². The molecule has 0 unspecified atom stereocenters. The van der Waals surface area contributed by atoms with Crippen molar-refractivity contribution in [2.45, 2.75) is 0 Å². The third-order valence-corrected chi connectivity index (χ3v) is 7.58. The van der Waals surface area contributed by atoms with Gasteiger partial charge in [0.1, 0.15) is 0 Å². The van der Waals surface area contributed by atoms with Crippen molar-refractivity contribution in [1.29, 1.82) is 0 Å². The van der Waals surface area contributed by atoms with E-state index in [0.717, 1.165) is 45.0 Å². The quantitative estimate of drug-likeness (QED) is 0.178. The number of rotatable bonds is 5. The average molecular weight is 555 g/mol. The minimum atomic E-state index is -0.0751. The van der Waals surface area contributed by atoms with E-state index >= 15 is 0 Å². The zero-order valence-electron chi connectivity index (χ0n) is 23.4. The summed E-state index contributed by atoms with van der Waals surface area (Å²) in [5, 5.41) is 3.28. The second-order valence-electron chi connectivity index (χ2n) is 10.3. The molecule has 43 heavy (non-hydrogen) atoms. The Hall–Kier alpha value is -5.87. The van der Waals surface area contributed by atoms with E-state index in [-0.39, 0.29) is 5.78 Å². The van der Waals surface area contributed by atoms with Crippen LogP contribution in [0.2, 0.25) is 0 Å². The van der Waals surface area contributed by atoms with Gasteiger partial charge in [0.05, 0.1) is 16.8 Å². The van der Waals surface area contributed by atoms with Crippen molar-refractivity contribution in [3.05, 3.63) is 181 Å². The molecule has 2 aliphatic rings. The van der Waals surface area contributed by atoms with Gasteiger partial charge in [-0.1, -0.05) is 78.9 Å². The highest BCUT2D eigenvalue weighted by molar-refractivity contribution is 6.32. The van der Waals surface area contributed by atoms with Crippen molar-refractivity contribution in [2.75, 3.05) is 0 Å². The monoisotopic (exact) mass is 554 g/mol. The van der Waals surface area contributed by atoms with Crippen LogP contribution in [-0.4, -0.2) is 10.8 Å². The molecule has 0 saturated heterocycles. The molecular weight excluding hydrogens is 526 g/mol. The van der Waals surface area contributed by atoms with Crippen LogP contribution in [0.25, 0.3) is 44.9 Å². The predicted molar refractivity (Wildman–Crippen MR) is 173 cm³/mol. The van der Waals surface area contributed by atoms with Crippen LogP contribution in [0.1, 0.15) is 5.69 Å². The molecule has 1 aliphatic heterocycles. The Morgan fingerprint density at radius 2 is 1.21 bits per heavy atom. The fourth-order valence-corrected chi connectivity index (χ4v) is 5.53. The Bertz CT molecular complexity index is 1910. The highest BCUT2D eigenvalue weighted by atomic mass is 16.1. The number of nitrogens with one attached hydrogen (secondary N) is 1. The van der Waals surface area contributed by atoms with Crippen molar-refractivity contribution >= 4 is 17.1 Å². The summed E-state index contributed by atoms with van der Waals surface area (Å²) in [6.07, 6.45) is 13.3. The molecule has 0 fully saturated rings. The van der Waals surface area contributed by atoms with Crippen LogP contribution in [0, 0.1) is 0 Å². The summed E-state index contributed by atoms with van der Waals surface area (Å²) in [6, 6.07) is 41.4. The van der Waals surface area contributed by atoms with Crippen molar-refractivity contribution in [3.63, 3.8) is 0 Å². The van der Waals surface area contributed by atoms with Crippen molar-refractivity contribution in [1.82, 2.24) is 10.3 Å². The molecule has 0 spiro atoms. The van der Waals surface area contributed by atoms with Gasteiger partial charge >= 0.3 is 0 Å². The van der Waals surface area contributed by atoms with Gasteiger partial charge in [-0.05, 0) is 59.7 Å². The summed E-state index contributed by atoms with van der Waals surface area (Å²) in [5.41, 5.74) is 9.76. The van der Waals surface area contributed by atoms with Crippen molar-refractivity contribution in [3.8, 4) is 33.6 Å². The molecule has 1 N–H and O–H groups in total. The van der Waals surface area contributed by atoms with Crippen LogP contribution in [0.4, 0.5) is 0 Å². The van der Waals surface area contributed by atoms with Crippen molar-refractivity contribution < 1.29 is 9.36 Å². The number of dihydropyridines is 1. The molecule has 1 aliphatic carbocycles. The molecule has 2 aromatic heterocycles. The Labute approximate surface area is 251 Å². The highest BCUT2D eigenvalue weighted by Crippen LogP contribution is 2.34. The van der Waals surface area contributed by atoms with Gasteiger partial charge < -0.3 is 5.32 Å². The number of hydrogen-bond donors (Lipinski definition) is 1. The normalized spacial score (nSPS) is 16.0. The molecule has 0 bridgehead atoms. The van der Waals surface area contributed by atoms with Gasteiger partial charge in [-0.25, -0.2) is 0 Å². The maximum Gasteiger partial charge on any atom is 0.219 e. The first-order valence-electron chi connectivity index (χ1n) is 14.3. The lowest BCUT2D eigenvalue weighted by atomic mass is 9.91. The smallest absolute Gasteiger partial charge is 0.219 e. The molecule has 0 radical (unpaired) electrons. The zero-order chi connectivity index (χ0) is 29.0. The fraction of sp³-hybridized carbons (Fsp3) is 0. The van der Waals surface area contributed by atoms with Crippen LogP contribution in [0.5, 0.6) is 0 Å². The molecule has 5 aromatic rings. The van der Waals surface area contributed by atoms with E-state index in [2.05, 4.69) is 99.8 Å². The number of pyridine rings is 2. The van der Waals surface area contributed by atoms with Crippen LogP contribution >= 0.6 is 0 Å². The molecule has 4 nitrogen and oxygen atoms in total. The lowest BCUT2D eigenvalue weighted by Crippen LogP contribution is -2.39. The standard InChI is InChI=1S/C39H27N3O/c43-39-33(35-20-10-12-22-40-35)26-32(27-34(39)36-21-11-13-23-41-36)42-37(29-16-6-2-7-17-29)24-31(28-14-4-1-5-15-28)25-38(42)30-18-8-3-9-19-30/h1-27H/p+1. The van der Waals surface area contributed by atoms with E-state index in [0.29, 0.717) is 16.8 Å². The molecular formula is C39H28N3O+. The van der Waals surface area contributed by atoms with Gasteiger partial charge in [-0.15, -0.1) is 0 Å². The number of carbonyl (C=O) groups excluding carboxylic acids is 1. The Balaban J connectivity index is 1.57. The second-order valence-corrected chi connectivity index (χ2v) is 10.3. The Morgan fingerprint density at radius 1 is 0.605 bits per heavy atom. The summed E-state index contributed by atoms with van der Waals surface area (Å²) in [5.74, 6) is -0.0751. The number of ketones is 1. The molecule has 0 saturated carbocycles. The first-order chi connectivity index (χ1) is 21.3. The van der Waals surface area contributed by atoms with E-state index in [4.69, 9.17) is 0 Å². The van der Waals surface area contributed by atoms with Crippen LogP contribution < -0.4 is 9.88 Å². The minimum absolute atomic E-state index is 0.0751. The Kier molecular flexibility index (Phi) is 7.00. The Morgan fingerprint density at radius 3 is 1.77 bits per heavy atom. The molecule has 0 atom stereocenters. The maximum atomic E-state index is 14.0. The van der Waals surface area contributed by atoms with E-state index < -0.39 is 0 Å². The summed E-state index contributed by atoms with van der Waals surface area (Å²) in [4.78, 5) is 18.6. The van der Waals surface area contributed by atoms with Crippen LogP contribution in [-0.2, 0) is 4.79 Å². The average Bonchev–Trinajstić information content (AvgIpc) is 3.10. The van der Waals surface area contributed by atoms with E-state index in [9.17, 15) is 4.79 Å². The number of hydrogen-bond acceptors (Lipinski definition) is 3. The van der Waals surface area contributed by atoms with Gasteiger partial charge in [0, 0.05) is 53.5 Å². The summed E-state index contributed by atoms with van der Waals surface area (Å²) in [7, 11) is 0.